The number of carbonyl (C=O) groups is 2. The van der Waals surface area contributed by atoms with Gasteiger partial charge in [-0.3, -0.25) is 4.79 Å². The van der Waals surface area contributed by atoms with Crippen molar-refractivity contribution in [2.24, 2.45) is 5.73 Å². The average molecular weight is 203 g/mol. The molecule has 0 aromatic rings. The van der Waals surface area contributed by atoms with Crippen molar-refractivity contribution in [1.82, 2.24) is 10.2 Å². The van der Waals surface area contributed by atoms with E-state index in [9.17, 15) is 9.59 Å². The Morgan fingerprint density at radius 1 is 1.36 bits per heavy atom. The number of amides is 2. The monoisotopic (exact) mass is 203 g/mol. The minimum absolute atomic E-state index is 0.0633. The van der Waals surface area contributed by atoms with E-state index in [1.165, 1.54) is 4.90 Å². The van der Waals surface area contributed by atoms with Crippen molar-refractivity contribution >= 4 is 12.0 Å². The molecule has 0 saturated heterocycles. The number of nitrogens with one attached hydrogen (secondary N) is 1. The van der Waals surface area contributed by atoms with Crippen LogP contribution in [0.4, 0.5) is 4.79 Å². The molecule has 0 aromatic carbocycles. The number of primary amides is 1. The summed E-state index contributed by atoms with van der Waals surface area (Å²) in [4.78, 5) is 22.7. The molecular weight excluding hydrogens is 186 g/mol. The van der Waals surface area contributed by atoms with E-state index in [2.05, 4.69) is 10.1 Å². The van der Waals surface area contributed by atoms with Crippen LogP contribution in [0.1, 0.15) is 6.42 Å². The van der Waals surface area contributed by atoms with Gasteiger partial charge in [0.25, 0.3) is 0 Å². The highest BCUT2D eigenvalue weighted by Gasteiger charge is 2.02. The molecule has 0 saturated carbocycles. The lowest BCUT2D eigenvalue weighted by Gasteiger charge is -2.10. The molecule has 0 spiro atoms. The van der Waals surface area contributed by atoms with E-state index in [4.69, 9.17) is 5.73 Å². The topological polar surface area (TPSA) is 84.7 Å². The van der Waals surface area contributed by atoms with Crippen LogP contribution in [-0.4, -0.2) is 50.7 Å². The second-order valence-corrected chi connectivity index (χ2v) is 2.96. The van der Waals surface area contributed by atoms with Gasteiger partial charge in [0.05, 0.1) is 0 Å². The summed E-state index contributed by atoms with van der Waals surface area (Å²) in [5.41, 5.74) is 4.75. The van der Waals surface area contributed by atoms with Crippen LogP contribution < -0.4 is 11.1 Å². The zero-order valence-electron chi connectivity index (χ0n) is 8.58. The third-order valence-electron chi connectivity index (χ3n) is 1.54. The van der Waals surface area contributed by atoms with Crippen molar-refractivity contribution < 1.29 is 14.3 Å². The zero-order valence-corrected chi connectivity index (χ0v) is 8.58. The Kier molecular flexibility index (Phi) is 6.47. The summed E-state index contributed by atoms with van der Waals surface area (Å²) in [6.07, 6.45) is -0.347. The summed E-state index contributed by atoms with van der Waals surface area (Å²) < 4.78 is 4.48. The molecule has 3 N–H and O–H groups in total. The molecule has 0 atom stereocenters. The summed E-state index contributed by atoms with van der Waals surface area (Å²) in [6, 6.07) is 0. The molecule has 6 nitrogen and oxygen atoms in total. The Balaban J connectivity index is 3.22. The molecule has 0 aliphatic heterocycles. The summed E-state index contributed by atoms with van der Waals surface area (Å²) in [6.45, 7) is 1.30. The Bertz CT molecular complexity index is 194. The predicted molar refractivity (Wildman–Crippen MR) is 51.7 cm³/mol. The van der Waals surface area contributed by atoms with Gasteiger partial charge in [-0.25, -0.2) is 4.79 Å². The zero-order chi connectivity index (χ0) is 11.0. The van der Waals surface area contributed by atoms with Crippen LogP contribution >= 0.6 is 0 Å². The van der Waals surface area contributed by atoms with E-state index < -0.39 is 6.09 Å². The average Bonchev–Trinajstić information content (AvgIpc) is 2.09. The van der Waals surface area contributed by atoms with Gasteiger partial charge in [0, 0.05) is 33.6 Å². The maximum Gasteiger partial charge on any atom is 0.404 e. The standard InChI is InChI=1S/C8H17N3O3/c1-11(2)7(12)3-4-10-5-6-14-8(9)13/h10H,3-6H2,1-2H3,(H2,9,13). The molecule has 82 valence electrons. The summed E-state index contributed by atoms with van der Waals surface area (Å²) >= 11 is 0. The van der Waals surface area contributed by atoms with E-state index in [1.807, 2.05) is 0 Å². The van der Waals surface area contributed by atoms with Crippen LogP contribution in [0.5, 0.6) is 0 Å². The molecule has 0 rings (SSSR count). The lowest BCUT2D eigenvalue weighted by atomic mass is 10.4. The molecule has 0 aliphatic carbocycles. The van der Waals surface area contributed by atoms with Gasteiger partial charge in [-0.05, 0) is 0 Å². The van der Waals surface area contributed by atoms with Crippen molar-refractivity contribution in [3.05, 3.63) is 0 Å². The second kappa shape index (κ2) is 7.14. The van der Waals surface area contributed by atoms with Gasteiger partial charge >= 0.3 is 6.09 Å². The fraction of sp³-hybridized carbons (Fsp3) is 0.750. The second-order valence-electron chi connectivity index (χ2n) is 2.96. The van der Waals surface area contributed by atoms with E-state index in [0.29, 0.717) is 19.5 Å². The first-order valence-electron chi connectivity index (χ1n) is 4.37. The Morgan fingerprint density at radius 3 is 2.50 bits per heavy atom. The predicted octanol–water partition coefficient (Wildman–Crippen LogP) is -0.850. The van der Waals surface area contributed by atoms with Gasteiger partial charge in [0.2, 0.25) is 5.91 Å². The van der Waals surface area contributed by atoms with Crippen LogP contribution in [0.15, 0.2) is 0 Å². The number of rotatable bonds is 6. The summed E-state index contributed by atoms with van der Waals surface area (Å²) in [5, 5.41) is 2.95. The van der Waals surface area contributed by atoms with E-state index in [0.717, 1.165) is 0 Å². The van der Waals surface area contributed by atoms with Crippen molar-refractivity contribution in [3.8, 4) is 0 Å². The van der Waals surface area contributed by atoms with Crippen molar-refractivity contribution in [1.29, 1.82) is 0 Å². The highest BCUT2D eigenvalue weighted by molar-refractivity contribution is 5.75. The maximum absolute atomic E-state index is 11.1. The lowest BCUT2D eigenvalue weighted by Crippen LogP contribution is -2.29. The van der Waals surface area contributed by atoms with Gasteiger partial charge < -0.3 is 20.7 Å². The highest BCUT2D eigenvalue weighted by Crippen LogP contribution is 1.84. The fourth-order valence-corrected chi connectivity index (χ4v) is 0.768. The van der Waals surface area contributed by atoms with Gasteiger partial charge in [-0.1, -0.05) is 0 Å². The number of hydrogen-bond donors (Lipinski definition) is 2. The van der Waals surface area contributed by atoms with Gasteiger partial charge in [-0.2, -0.15) is 0 Å². The van der Waals surface area contributed by atoms with Crippen LogP contribution in [0, 0.1) is 0 Å². The Morgan fingerprint density at radius 2 is 2.00 bits per heavy atom. The first-order chi connectivity index (χ1) is 6.54. The lowest BCUT2D eigenvalue weighted by molar-refractivity contribution is -0.128. The first-order valence-corrected chi connectivity index (χ1v) is 4.37. The smallest absolute Gasteiger partial charge is 0.404 e. The van der Waals surface area contributed by atoms with Gasteiger partial charge in [-0.15, -0.1) is 0 Å². The SMILES string of the molecule is CN(C)C(=O)CCNCCOC(N)=O. The van der Waals surface area contributed by atoms with Gasteiger partial charge in [0.1, 0.15) is 6.61 Å². The molecule has 0 fully saturated rings. The minimum atomic E-state index is -0.781. The molecule has 0 bridgehead atoms. The fourth-order valence-electron chi connectivity index (χ4n) is 0.768. The molecule has 0 heterocycles. The molecule has 0 radical (unpaired) electrons. The summed E-state index contributed by atoms with van der Waals surface area (Å²) in [5.74, 6) is 0.0633. The molecule has 14 heavy (non-hydrogen) atoms. The van der Waals surface area contributed by atoms with Crippen molar-refractivity contribution in [3.63, 3.8) is 0 Å². The van der Waals surface area contributed by atoms with E-state index in [1.54, 1.807) is 14.1 Å². The number of nitrogens with zero attached hydrogens (tertiary/aromatic N) is 1. The van der Waals surface area contributed by atoms with Crippen LogP contribution in [0.3, 0.4) is 0 Å². The highest BCUT2D eigenvalue weighted by atomic mass is 16.5. The Labute approximate surface area is 83.4 Å². The van der Waals surface area contributed by atoms with E-state index in [-0.39, 0.29) is 12.5 Å². The number of carbonyl (C=O) groups excluding carboxylic acids is 2. The quantitative estimate of drug-likeness (QED) is 0.551. The number of hydrogen-bond acceptors (Lipinski definition) is 4. The largest absolute Gasteiger partial charge is 0.448 e. The van der Waals surface area contributed by atoms with Crippen LogP contribution in [0.25, 0.3) is 0 Å². The van der Waals surface area contributed by atoms with E-state index >= 15 is 0 Å². The number of ether oxygens (including phenoxy) is 1. The van der Waals surface area contributed by atoms with Crippen LogP contribution in [-0.2, 0) is 9.53 Å². The molecule has 2 amide bonds. The minimum Gasteiger partial charge on any atom is -0.448 e. The first kappa shape index (κ1) is 12.7. The summed E-state index contributed by atoms with van der Waals surface area (Å²) in [7, 11) is 3.41. The molecule has 0 unspecified atom stereocenters. The number of nitrogens with two attached hydrogens (primary N) is 1. The van der Waals surface area contributed by atoms with Crippen LogP contribution in [0.2, 0.25) is 0 Å². The molecule has 6 heteroatoms. The third kappa shape index (κ3) is 7.35. The molecule has 0 aromatic heterocycles. The molecular formula is C8H17N3O3. The van der Waals surface area contributed by atoms with Crippen molar-refractivity contribution in [2.75, 3.05) is 33.8 Å². The maximum atomic E-state index is 11.1. The van der Waals surface area contributed by atoms with Crippen molar-refractivity contribution in [2.45, 2.75) is 6.42 Å². The Hall–Kier alpha value is -1.30. The molecule has 0 aliphatic rings. The third-order valence-corrected chi connectivity index (χ3v) is 1.54. The van der Waals surface area contributed by atoms with Gasteiger partial charge in [0.15, 0.2) is 0 Å². The normalized spacial score (nSPS) is 9.57.